The van der Waals surface area contributed by atoms with E-state index >= 15 is 0 Å². The number of hydrogen-bond donors (Lipinski definition) is 1. The van der Waals surface area contributed by atoms with Gasteiger partial charge in [0.1, 0.15) is 11.6 Å². The van der Waals surface area contributed by atoms with Crippen molar-refractivity contribution in [3.05, 3.63) is 63.9 Å². The number of ether oxygens (including phenoxy) is 1. The zero-order chi connectivity index (χ0) is 21.3. The molecule has 5 nitrogen and oxygen atoms in total. The van der Waals surface area contributed by atoms with E-state index in [0.717, 1.165) is 19.2 Å². The smallest absolute Gasteiger partial charge is 0.258 e. The Morgan fingerprint density at radius 1 is 1.10 bits per heavy atom. The number of likely N-dealkylation sites (tertiary alicyclic amines) is 1. The van der Waals surface area contributed by atoms with Crippen LogP contribution >= 0.6 is 23.2 Å². The van der Waals surface area contributed by atoms with Gasteiger partial charge in [0.05, 0.1) is 5.02 Å². The summed E-state index contributed by atoms with van der Waals surface area (Å²) >= 11 is 11.5. The van der Waals surface area contributed by atoms with Gasteiger partial charge in [0.15, 0.2) is 6.61 Å². The zero-order valence-electron chi connectivity index (χ0n) is 16.1. The zero-order valence-corrected chi connectivity index (χ0v) is 17.6. The van der Waals surface area contributed by atoms with Gasteiger partial charge in [-0.15, -0.1) is 0 Å². The predicted molar refractivity (Wildman–Crippen MR) is 112 cm³/mol. The Balaban J connectivity index is 1.15. The van der Waals surface area contributed by atoms with Gasteiger partial charge < -0.3 is 15.0 Å². The lowest BCUT2D eigenvalue weighted by atomic mass is 9.78. The van der Waals surface area contributed by atoms with Gasteiger partial charge in [0.2, 0.25) is 5.91 Å². The standard InChI is InChI=1S/C22H21Cl2FN2O3/c23-16-3-1-13(2-4-16)15-10-27(11-15)22(29)14-7-17(8-14)26-21(28)12-30-18-5-6-19(24)20(25)9-18/h1-6,9,14-15,17H,7-8,10-12H2,(H,26,28). The molecule has 1 heterocycles. The van der Waals surface area contributed by atoms with Gasteiger partial charge in [-0.25, -0.2) is 4.39 Å². The molecule has 1 aliphatic heterocycles. The maximum absolute atomic E-state index is 13.4. The van der Waals surface area contributed by atoms with Crippen molar-refractivity contribution in [1.29, 1.82) is 0 Å². The number of hydrogen-bond acceptors (Lipinski definition) is 3. The third-order valence-corrected chi connectivity index (χ3v) is 6.21. The van der Waals surface area contributed by atoms with Crippen molar-refractivity contribution in [3.63, 3.8) is 0 Å². The second-order valence-electron chi connectivity index (χ2n) is 7.79. The molecule has 0 unspecified atom stereocenters. The van der Waals surface area contributed by atoms with E-state index in [-0.39, 0.29) is 41.2 Å². The van der Waals surface area contributed by atoms with Crippen LogP contribution in [-0.2, 0) is 9.59 Å². The van der Waals surface area contributed by atoms with Gasteiger partial charge in [0, 0.05) is 42.1 Å². The topological polar surface area (TPSA) is 58.6 Å². The fourth-order valence-electron chi connectivity index (χ4n) is 3.78. The number of carbonyl (C=O) groups is 2. The van der Waals surface area contributed by atoms with Gasteiger partial charge in [-0.3, -0.25) is 9.59 Å². The first-order chi connectivity index (χ1) is 14.4. The van der Waals surface area contributed by atoms with Crippen molar-refractivity contribution >= 4 is 35.0 Å². The molecule has 0 radical (unpaired) electrons. The molecule has 2 aromatic carbocycles. The van der Waals surface area contributed by atoms with Crippen molar-refractivity contribution < 1.29 is 18.7 Å². The summed E-state index contributed by atoms with van der Waals surface area (Å²) in [7, 11) is 0. The maximum atomic E-state index is 13.4. The molecule has 2 aromatic rings. The number of nitrogens with one attached hydrogen (secondary N) is 1. The van der Waals surface area contributed by atoms with Crippen LogP contribution in [0.5, 0.6) is 5.75 Å². The Hall–Kier alpha value is -2.31. The fourth-order valence-corrected chi connectivity index (χ4v) is 4.03. The summed E-state index contributed by atoms with van der Waals surface area (Å²) in [4.78, 5) is 26.4. The van der Waals surface area contributed by atoms with E-state index in [2.05, 4.69) is 5.32 Å². The second kappa shape index (κ2) is 8.82. The molecule has 1 saturated heterocycles. The number of nitrogens with zero attached hydrogens (tertiary/aromatic N) is 1. The Bertz CT molecular complexity index is 942. The molecule has 1 N–H and O–H groups in total. The number of benzene rings is 2. The molecular weight excluding hydrogens is 430 g/mol. The predicted octanol–water partition coefficient (Wildman–Crippen LogP) is 4.03. The molecule has 1 saturated carbocycles. The summed E-state index contributed by atoms with van der Waals surface area (Å²) in [5, 5.41) is 3.55. The first-order valence-corrected chi connectivity index (χ1v) is 10.6. The largest absolute Gasteiger partial charge is 0.484 e. The fraction of sp³-hybridized carbons (Fsp3) is 0.364. The van der Waals surface area contributed by atoms with Crippen LogP contribution < -0.4 is 10.1 Å². The molecule has 4 rings (SSSR count). The van der Waals surface area contributed by atoms with Crippen LogP contribution in [0.4, 0.5) is 4.39 Å². The second-order valence-corrected chi connectivity index (χ2v) is 8.63. The lowest BCUT2D eigenvalue weighted by molar-refractivity contribution is -0.144. The number of amides is 2. The molecule has 0 atom stereocenters. The van der Waals surface area contributed by atoms with Crippen LogP contribution in [0.15, 0.2) is 42.5 Å². The van der Waals surface area contributed by atoms with Crippen LogP contribution in [0.3, 0.4) is 0 Å². The minimum atomic E-state index is -0.598. The van der Waals surface area contributed by atoms with E-state index in [4.69, 9.17) is 27.9 Å². The highest BCUT2D eigenvalue weighted by molar-refractivity contribution is 6.30. The Kier molecular flexibility index (Phi) is 6.16. The number of halogens is 3. The van der Waals surface area contributed by atoms with Crippen molar-refractivity contribution in [2.75, 3.05) is 19.7 Å². The average Bonchev–Trinajstić information content (AvgIpc) is 2.65. The molecule has 30 heavy (non-hydrogen) atoms. The van der Waals surface area contributed by atoms with Crippen molar-refractivity contribution in [2.24, 2.45) is 5.92 Å². The van der Waals surface area contributed by atoms with Crippen molar-refractivity contribution in [3.8, 4) is 5.75 Å². The molecule has 158 valence electrons. The monoisotopic (exact) mass is 450 g/mol. The lowest BCUT2D eigenvalue weighted by Crippen LogP contribution is -2.56. The molecule has 8 heteroatoms. The molecule has 2 aliphatic rings. The number of rotatable bonds is 6. The van der Waals surface area contributed by atoms with Crippen LogP contribution in [0.25, 0.3) is 0 Å². The highest BCUT2D eigenvalue weighted by Gasteiger charge is 2.41. The average molecular weight is 451 g/mol. The summed E-state index contributed by atoms with van der Waals surface area (Å²) in [6.07, 6.45) is 1.25. The van der Waals surface area contributed by atoms with E-state index in [9.17, 15) is 14.0 Å². The van der Waals surface area contributed by atoms with Crippen LogP contribution in [0.1, 0.15) is 24.3 Å². The van der Waals surface area contributed by atoms with Gasteiger partial charge >= 0.3 is 0 Å². The normalized spacial score (nSPS) is 20.8. The summed E-state index contributed by atoms with van der Waals surface area (Å²) in [6.45, 7) is 1.23. The van der Waals surface area contributed by atoms with Crippen LogP contribution in [0.2, 0.25) is 10.0 Å². The van der Waals surface area contributed by atoms with Gasteiger partial charge in [-0.1, -0.05) is 35.3 Å². The lowest BCUT2D eigenvalue weighted by Gasteiger charge is -2.44. The Labute approximate surface area is 184 Å². The van der Waals surface area contributed by atoms with Gasteiger partial charge in [-0.2, -0.15) is 0 Å². The van der Waals surface area contributed by atoms with Crippen LogP contribution in [-0.4, -0.2) is 42.5 Å². The summed E-state index contributed by atoms with van der Waals surface area (Å²) in [5.41, 5.74) is 1.20. The van der Waals surface area contributed by atoms with E-state index in [1.54, 1.807) is 0 Å². The molecule has 1 aliphatic carbocycles. The quantitative estimate of drug-likeness (QED) is 0.722. The van der Waals surface area contributed by atoms with E-state index in [0.29, 0.717) is 23.8 Å². The maximum Gasteiger partial charge on any atom is 0.258 e. The third-order valence-electron chi connectivity index (χ3n) is 5.65. The van der Waals surface area contributed by atoms with Gasteiger partial charge in [-0.05, 0) is 42.7 Å². The van der Waals surface area contributed by atoms with E-state index in [1.165, 1.54) is 17.7 Å². The van der Waals surface area contributed by atoms with E-state index in [1.807, 2.05) is 29.2 Å². The highest BCUT2D eigenvalue weighted by atomic mass is 35.5. The SMILES string of the molecule is O=C(COc1ccc(Cl)c(F)c1)NC1CC(C(=O)N2CC(c3ccc(Cl)cc3)C2)C1. The Morgan fingerprint density at radius 2 is 1.80 bits per heavy atom. The Morgan fingerprint density at radius 3 is 2.47 bits per heavy atom. The minimum Gasteiger partial charge on any atom is -0.484 e. The molecule has 2 amide bonds. The molecule has 0 spiro atoms. The highest BCUT2D eigenvalue weighted by Crippen LogP contribution is 2.34. The van der Waals surface area contributed by atoms with Crippen molar-refractivity contribution in [2.45, 2.75) is 24.8 Å². The molecular formula is C22H21Cl2FN2O3. The first-order valence-electron chi connectivity index (χ1n) is 9.80. The minimum absolute atomic E-state index is 0.00123. The first kappa shape index (κ1) is 20.9. The van der Waals surface area contributed by atoms with E-state index < -0.39 is 5.82 Å². The van der Waals surface area contributed by atoms with Gasteiger partial charge in [0.25, 0.3) is 5.91 Å². The summed E-state index contributed by atoms with van der Waals surface area (Å²) < 4.78 is 18.7. The third kappa shape index (κ3) is 4.71. The van der Waals surface area contributed by atoms with Crippen molar-refractivity contribution in [1.82, 2.24) is 10.2 Å². The molecule has 0 aromatic heterocycles. The molecule has 2 fully saturated rings. The van der Waals surface area contributed by atoms with Crippen LogP contribution in [0, 0.1) is 11.7 Å². The summed E-state index contributed by atoms with van der Waals surface area (Å²) in [6, 6.07) is 11.7. The number of carbonyl (C=O) groups excluding carboxylic acids is 2. The summed E-state index contributed by atoms with van der Waals surface area (Å²) in [5.74, 6) is -0.197. The molecule has 0 bridgehead atoms.